The van der Waals surface area contributed by atoms with Crippen molar-refractivity contribution in [2.24, 2.45) is 5.92 Å². The topological polar surface area (TPSA) is 34.1 Å². The Kier molecular flexibility index (Phi) is 4.20. The minimum Gasteiger partial charge on any atom is -0.373 e. The van der Waals surface area contributed by atoms with E-state index in [2.05, 4.69) is 16.4 Å². The first-order valence-corrected chi connectivity index (χ1v) is 7.48. The number of aromatic nitrogens is 1. The Bertz CT molecular complexity index is 600. The number of rotatable bonds is 3. The van der Waals surface area contributed by atoms with Crippen molar-refractivity contribution in [1.29, 1.82) is 0 Å². The molecule has 1 aliphatic heterocycles. The van der Waals surface area contributed by atoms with Crippen molar-refractivity contribution in [3.8, 4) is 0 Å². The third-order valence-electron chi connectivity index (χ3n) is 3.97. The Labute approximate surface area is 124 Å². The fraction of sp³-hybridized carbons (Fsp3) is 0.438. The predicted octanol–water partition coefficient (Wildman–Crippen LogP) is 3.58. The maximum Gasteiger partial charge on any atom is 0.0886 e. The van der Waals surface area contributed by atoms with Gasteiger partial charge in [0.05, 0.1) is 11.6 Å². The highest BCUT2D eigenvalue weighted by Gasteiger charge is 2.28. The molecule has 3 rings (SSSR count). The van der Waals surface area contributed by atoms with E-state index in [-0.39, 0.29) is 6.10 Å². The molecule has 1 aromatic heterocycles. The van der Waals surface area contributed by atoms with E-state index in [1.165, 1.54) is 6.42 Å². The first-order chi connectivity index (χ1) is 9.81. The lowest BCUT2D eigenvalue weighted by Gasteiger charge is -2.32. The van der Waals surface area contributed by atoms with Gasteiger partial charge in [-0.05, 0) is 38.1 Å². The van der Waals surface area contributed by atoms with Gasteiger partial charge in [0.2, 0.25) is 0 Å². The molecular weight excluding hydrogens is 272 g/mol. The van der Waals surface area contributed by atoms with E-state index in [0.29, 0.717) is 5.92 Å². The molecule has 0 amide bonds. The van der Waals surface area contributed by atoms with Crippen LogP contribution in [-0.2, 0) is 4.74 Å². The van der Waals surface area contributed by atoms with Crippen LogP contribution in [0.4, 0.5) is 0 Å². The number of halogens is 1. The first kappa shape index (κ1) is 13.8. The fourth-order valence-electron chi connectivity index (χ4n) is 3.05. The van der Waals surface area contributed by atoms with Gasteiger partial charge in [-0.15, -0.1) is 0 Å². The molecule has 0 saturated carbocycles. The summed E-state index contributed by atoms with van der Waals surface area (Å²) in [7, 11) is 1.99. The molecule has 0 bridgehead atoms. The van der Waals surface area contributed by atoms with Gasteiger partial charge in [0.15, 0.2) is 0 Å². The lowest BCUT2D eigenvalue weighted by Crippen LogP contribution is -2.30. The van der Waals surface area contributed by atoms with Crippen molar-refractivity contribution >= 4 is 22.5 Å². The number of hydrogen-bond donors (Lipinski definition) is 1. The third-order valence-corrected chi connectivity index (χ3v) is 4.29. The molecule has 4 heteroatoms. The van der Waals surface area contributed by atoms with Crippen molar-refractivity contribution in [2.45, 2.75) is 18.9 Å². The quantitative estimate of drug-likeness (QED) is 0.938. The highest BCUT2D eigenvalue weighted by molar-refractivity contribution is 6.35. The van der Waals surface area contributed by atoms with Crippen LogP contribution >= 0.6 is 11.6 Å². The number of hydrogen-bond acceptors (Lipinski definition) is 3. The molecule has 20 heavy (non-hydrogen) atoms. The van der Waals surface area contributed by atoms with E-state index in [0.717, 1.165) is 41.1 Å². The molecule has 2 aromatic rings. The standard InChI is InChI=1S/C16H19ClN2O/c1-18-10-11-4-3-9-20-16(11)13-6-7-14(17)12-5-2-8-19-15(12)13/h2,5-8,11,16,18H,3-4,9-10H2,1H3. The average molecular weight is 291 g/mol. The average Bonchev–Trinajstić information content (AvgIpc) is 2.49. The molecule has 2 atom stereocenters. The number of fused-ring (bicyclic) bond motifs is 1. The van der Waals surface area contributed by atoms with Crippen LogP contribution in [0.15, 0.2) is 30.5 Å². The molecule has 2 heterocycles. The molecule has 1 saturated heterocycles. The minimum absolute atomic E-state index is 0.103. The summed E-state index contributed by atoms with van der Waals surface area (Å²) in [6.45, 7) is 1.78. The molecule has 0 spiro atoms. The Balaban J connectivity index is 2.06. The summed E-state index contributed by atoms with van der Waals surface area (Å²) < 4.78 is 6.05. The van der Waals surface area contributed by atoms with Crippen molar-refractivity contribution in [3.63, 3.8) is 0 Å². The van der Waals surface area contributed by atoms with E-state index in [1.807, 2.05) is 31.4 Å². The second kappa shape index (κ2) is 6.08. The first-order valence-electron chi connectivity index (χ1n) is 7.10. The summed E-state index contributed by atoms with van der Waals surface area (Å²) in [6, 6.07) is 7.96. The van der Waals surface area contributed by atoms with E-state index < -0.39 is 0 Å². The van der Waals surface area contributed by atoms with Crippen LogP contribution < -0.4 is 5.32 Å². The zero-order chi connectivity index (χ0) is 13.9. The number of nitrogens with one attached hydrogen (secondary N) is 1. The Morgan fingerprint density at radius 1 is 1.40 bits per heavy atom. The SMILES string of the molecule is CNCC1CCCOC1c1ccc(Cl)c2cccnc12. The van der Waals surface area contributed by atoms with Crippen LogP contribution in [0.2, 0.25) is 5.02 Å². The van der Waals surface area contributed by atoms with E-state index in [9.17, 15) is 0 Å². The number of nitrogens with zero attached hydrogens (tertiary/aromatic N) is 1. The van der Waals surface area contributed by atoms with Gasteiger partial charge in [-0.1, -0.05) is 17.7 Å². The van der Waals surface area contributed by atoms with Crippen LogP contribution in [0.3, 0.4) is 0 Å². The smallest absolute Gasteiger partial charge is 0.0886 e. The van der Waals surface area contributed by atoms with Crippen molar-refractivity contribution < 1.29 is 4.74 Å². The molecule has 2 unspecified atom stereocenters. The molecule has 1 N–H and O–H groups in total. The fourth-order valence-corrected chi connectivity index (χ4v) is 3.26. The van der Waals surface area contributed by atoms with Crippen LogP contribution in [0, 0.1) is 5.92 Å². The second-order valence-electron chi connectivity index (χ2n) is 5.29. The summed E-state index contributed by atoms with van der Waals surface area (Å²) in [5.74, 6) is 0.486. The molecular formula is C16H19ClN2O. The minimum atomic E-state index is 0.103. The molecule has 1 aromatic carbocycles. The molecule has 1 aliphatic rings. The zero-order valence-corrected chi connectivity index (χ0v) is 12.4. The lowest BCUT2D eigenvalue weighted by molar-refractivity contribution is -0.0264. The monoisotopic (exact) mass is 290 g/mol. The second-order valence-corrected chi connectivity index (χ2v) is 5.69. The number of pyridine rings is 1. The number of ether oxygens (including phenoxy) is 1. The van der Waals surface area contributed by atoms with Gasteiger partial charge in [-0.25, -0.2) is 0 Å². The summed E-state index contributed by atoms with van der Waals surface area (Å²) in [5, 5.41) is 5.02. The molecule has 3 nitrogen and oxygen atoms in total. The van der Waals surface area contributed by atoms with Crippen LogP contribution in [0.25, 0.3) is 10.9 Å². The summed E-state index contributed by atoms with van der Waals surface area (Å²) in [4.78, 5) is 4.53. The zero-order valence-electron chi connectivity index (χ0n) is 11.6. The molecule has 0 radical (unpaired) electrons. The van der Waals surface area contributed by atoms with Gasteiger partial charge in [0.1, 0.15) is 0 Å². The maximum atomic E-state index is 6.27. The molecule has 1 fully saturated rings. The Hall–Kier alpha value is -1.16. The van der Waals surface area contributed by atoms with Gasteiger partial charge >= 0.3 is 0 Å². The Morgan fingerprint density at radius 2 is 2.30 bits per heavy atom. The van der Waals surface area contributed by atoms with Crippen LogP contribution in [0.1, 0.15) is 24.5 Å². The normalized spacial score (nSPS) is 23.1. The molecule has 106 valence electrons. The third kappa shape index (κ3) is 2.53. The van der Waals surface area contributed by atoms with Gasteiger partial charge in [-0.3, -0.25) is 4.98 Å². The van der Waals surface area contributed by atoms with Crippen molar-refractivity contribution in [1.82, 2.24) is 10.3 Å². The van der Waals surface area contributed by atoms with Crippen molar-refractivity contribution in [3.05, 3.63) is 41.0 Å². The molecule has 0 aliphatic carbocycles. The number of benzene rings is 1. The van der Waals surface area contributed by atoms with E-state index in [1.54, 1.807) is 0 Å². The summed E-state index contributed by atoms with van der Waals surface area (Å²) in [6.07, 6.45) is 4.23. The summed E-state index contributed by atoms with van der Waals surface area (Å²) >= 11 is 6.27. The Morgan fingerprint density at radius 3 is 3.15 bits per heavy atom. The highest BCUT2D eigenvalue weighted by atomic mass is 35.5. The van der Waals surface area contributed by atoms with Gasteiger partial charge in [0, 0.05) is 41.2 Å². The maximum absolute atomic E-state index is 6.27. The largest absolute Gasteiger partial charge is 0.373 e. The van der Waals surface area contributed by atoms with Gasteiger partial charge in [-0.2, -0.15) is 0 Å². The van der Waals surface area contributed by atoms with E-state index in [4.69, 9.17) is 16.3 Å². The van der Waals surface area contributed by atoms with Crippen molar-refractivity contribution in [2.75, 3.05) is 20.2 Å². The van der Waals surface area contributed by atoms with Gasteiger partial charge in [0.25, 0.3) is 0 Å². The predicted molar refractivity (Wildman–Crippen MR) is 82.1 cm³/mol. The van der Waals surface area contributed by atoms with Crippen LogP contribution in [-0.4, -0.2) is 25.2 Å². The van der Waals surface area contributed by atoms with E-state index >= 15 is 0 Å². The summed E-state index contributed by atoms with van der Waals surface area (Å²) in [5.41, 5.74) is 2.12. The van der Waals surface area contributed by atoms with Gasteiger partial charge < -0.3 is 10.1 Å². The highest BCUT2D eigenvalue weighted by Crippen LogP contribution is 2.37. The van der Waals surface area contributed by atoms with Crippen LogP contribution in [0.5, 0.6) is 0 Å². The lowest BCUT2D eigenvalue weighted by atomic mass is 9.88.